The van der Waals surface area contributed by atoms with Gasteiger partial charge >= 0.3 is 0 Å². The number of rotatable bonds is 5. The van der Waals surface area contributed by atoms with Crippen LogP contribution in [0.25, 0.3) is 0 Å². The molecule has 5 nitrogen and oxygen atoms in total. The van der Waals surface area contributed by atoms with Crippen LogP contribution in [0.5, 0.6) is 0 Å². The van der Waals surface area contributed by atoms with Gasteiger partial charge in [0.05, 0.1) is 6.54 Å². The molecule has 1 aromatic rings. The standard InChI is InChI=1S/C15H23N3O2S.HI/c1-4-16-15(17-9-13-11-19-6-7-20-13)18(3)10-14-12(2)5-8-21-14;/h5,8,11H,4,6-7,9-10H2,1-3H3,(H,16,17);1H. The van der Waals surface area contributed by atoms with Gasteiger partial charge in [0.1, 0.15) is 26.0 Å². The molecule has 0 saturated heterocycles. The molecule has 2 rings (SSSR count). The molecule has 0 spiro atoms. The van der Waals surface area contributed by atoms with Gasteiger partial charge in [0.15, 0.2) is 11.7 Å². The fourth-order valence-corrected chi connectivity index (χ4v) is 2.93. The number of nitrogens with zero attached hydrogens (tertiary/aromatic N) is 2. The highest BCUT2D eigenvalue weighted by molar-refractivity contribution is 14.0. The third kappa shape index (κ3) is 5.68. The lowest BCUT2D eigenvalue weighted by Gasteiger charge is -2.22. The predicted molar refractivity (Wildman–Crippen MR) is 102 cm³/mol. The van der Waals surface area contributed by atoms with E-state index >= 15 is 0 Å². The van der Waals surface area contributed by atoms with Crippen molar-refractivity contribution >= 4 is 41.3 Å². The molecule has 124 valence electrons. The van der Waals surface area contributed by atoms with E-state index in [1.165, 1.54) is 10.4 Å². The van der Waals surface area contributed by atoms with Gasteiger partial charge in [0, 0.05) is 18.5 Å². The van der Waals surface area contributed by atoms with Gasteiger partial charge in [-0.15, -0.1) is 35.3 Å². The van der Waals surface area contributed by atoms with E-state index in [1.54, 1.807) is 17.6 Å². The van der Waals surface area contributed by atoms with Crippen LogP contribution in [-0.4, -0.2) is 44.2 Å². The number of thiophene rings is 1. The van der Waals surface area contributed by atoms with E-state index in [1.807, 2.05) is 7.05 Å². The van der Waals surface area contributed by atoms with E-state index < -0.39 is 0 Å². The molecule has 0 bridgehead atoms. The quantitative estimate of drug-likeness (QED) is 0.437. The first-order valence-electron chi connectivity index (χ1n) is 7.16. The van der Waals surface area contributed by atoms with E-state index in [4.69, 9.17) is 9.47 Å². The average Bonchev–Trinajstić information content (AvgIpc) is 2.89. The van der Waals surface area contributed by atoms with E-state index in [-0.39, 0.29) is 24.0 Å². The van der Waals surface area contributed by atoms with Crippen LogP contribution in [0.4, 0.5) is 0 Å². The molecule has 0 aromatic carbocycles. The molecule has 1 aliphatic rings. The largest absolute Gasteiger partial charge is 0.494 e. The lowest BCUT2D eigenvalue weighted by atomic mass is 10.3. The van der Waals surface area contributed by atoms with Gasteiger partial charge in [0.2, 0.25) is 0 Å². The van der Waals surface area contributed by atoms with Crippen LogP contribution in [0.3, 0.4) is 0 Å². The topological polar surface area (TPSA) is 46.1 Å². The molecule has 0 aliphatic carbocycles. The van der Waals surface area contributed by atoms with Crippen LogP contribution >= 0.6 is 35.3 Å². The number of ether oxygens (including phenoxy) is 2. The number of aryl methyl sites for hydroxylation is 1. The molecule has 0 unspecified atom stereocenters. The number of guanidine groups is 1. The highest BCUT2D eigenvalue weighted by Crippen LogP contribution is 2.17. The summed E-state index contributed by atoms with van der Waals surface area (Å²) in [5.74, 6) is 1.65. The molecule has 1 aliphatic heterocycles. The van der Waals surface area contributed by atoms with Crippen LogP contribution in [-0.2, 0) is 16.0 Å². The summed E-state index contributed by atoms with van der Waals surface area (Å²) < 4.78 is 10.7. The summed E-state index contributed by atoms with van der Waals surface area (Å²) >= 11 is 1.78. The summed E-state index contributed by atoms with van der Waals surface area (Å²) in [5.41, 5.74) is 1.33. The fourth-order valence-electron chi connectivity index (χ4n) is 1.97. The second-order valence-corrected chi connectivity index (χ2v) is 5.86. The van der Waals surface area contributed by atoms with Crippen LogP contribution in [0.2, 0.25) is 0 Å². The van der Waals surface area contributed by atoms with Crippen LogP contribution in [0, 0.1) is 6.92 Å². The molecule has 2 heterocycles. The smallest absolute Gasteiger partial charge is 0.194 e. The van der Waals surface area contributed by atoms with Crippen molar-refractivity contribution in [2.45, 2.75) is 20.4 Å². The van der Waals surface area contributed by atoms with Crippen molar-refractivity contribution < 1.29 is 9.47 Å². The van der Waals surface area contributed by atoms with E-state index in [2.05, 4.69) is 40.5 Å². The number of nitrogens with one attached hydrogen (secondary N) is 1. The second-order valence-electron chi connectivity index (χ2n) is 4.86. The van der Waals surface area contributed by atoms with Crippen molar-refractivity contribution in [3.05, 3.63) is 33.9 Å². The summed E-state index contributed by atoms with van der Waals surface area (Å²) in [4.78, 5) is 8.10. The third-order valence-corrected chi connectivity index (χ3v) is 4.14. The summed E-state index contributed by atoms with van der Waals surface area (Å²) in [6.45, 7) is 7.61. The minimum atomic E-state index is 0. The lowest BCUT2D eigenvalue weighted by molar-refractivity contribution is 0.0834. The molecule has 0 saturated carbocycles. The fraction of sp³-hybridized carbons (Fsp3) is 0.533. The Morgan fingerprint density at radius 3 is 2.86 bits per heavy atom. The zero-order valence-electron chi connectivity index (χ0n) is 13.3. The lowest BCUT2D eigenvalue weighted by Crippen LogP contribution is -2.38. The Morgan fingerprint density at radius 2 is 2.27 bits per heavy atom. The monoisotopic (exact) mass is 437 g/mol. The summed E-state index contributed by atoms with van der Waals surface area (Å²) in [6, 6.07) is 2.15. The Kier molecular flexibility index (Phi) is 8.62. The SMILES string of the molecule is CCNC(=NCC1=COCCO1)N(C)Cc1sccc1C.I. The zero-order valence-corrected chi connectivity index (χ0v) is 16.4. The third-order valence-electron chi connectivity index (χ3n) is 3.13. The second kappa shape index (κ2) is 9.94. The van der Waals surface area contributed by atoms with Crippen molar-refractivity contribution in [1.29, 1.82) is 0 Å². The highest BCUT2D eigenvalue weighted by atomic mass is 127. The molecule has 7 heteroatoms. The molecule has 22 heavy (non-hydrogen) atoms. The van der Waals surface area contributed by atoms with Gasteiger partial charge in [-0.2, -0.15) is 0 Å². The maximum Gasteiger partial charge on any atom is 0.194 e. The molecule has 1 aromatic heterocycles. The van der Waals surface area contributed by atoms with Crippen LogP contribution in [0.15, 0.2) is 28.5 Å². The van der Waals surface area contributed by atoms with E-state index in [0.717, 1.165) is 24.8 Å². The molecular weight excluding hydrogens is 413 g/mol. The van der Waals surface area contributed by atoms with Gasteiger partial charge in [-0.05, 0) is 30.9 Å². The molecule has 0 fully saturated rings. The van der Waals surface area contributed by atoms with Gasteiger partial charge < -0.3 is 19.7 Å². The molecular formula is C15H24IN3O2S. The number of aliphatic imine (C=N–C) groups is 1. The first kappa shape index (κ1) is 19.1. The highest BCUT2D eigenvalue weighted by Gasteiger charge is 2.10. The van der Waals surface area contributed by atoms with Gasteiger partial charge in [-0.1, -0.05) is 0 Å². The Morgan fingerprint density at radius 1 is 1.45 bits per heavy atom. The first-order chi connectivity index (χ1) is 10.2. The van der Waals surface area contributed by atoms with Crippen molar-refractivity contribution in [2.75, 3.05) is 33.4 Å². The zero-order chi connectivity index (χ0) is 15.1. The van der Waals surface area contributed by atoms with Gasteiger partial charge in [0.25, 0.3) is 0 Å². The Balaban J connectivity index is 0.00000242. The molecule has 0 radical (unpaired) electrons. The van der Waals surface area contributed by atoms with Crippen molar-refractivity contribution in [3.63, 3.8) is 0 Å². The van der Waals surface area contributed by atoms with E-state index in [9.17, 15) is 0 Å². The number of hydrogen-bond donors (Lipinski definition) is 1. The Hall–Kier alpha value is -0.960. The van der Waals surface area contributed by atoms with Crippen LogP contribution < -0.4 is 5.32 Å². The normalized spacial score (nSPS) is 14.3. The average molecular weight is 437 g/mol. The minimum Gasteiger partial charge on any atom is -0.494 e. The number of hydrogen-bond acceptors (Lipinski definition) is 4. The summed E-state index contributed by atoms with van der Waals surface area (Å²) in [6.07, 6.45) is 1.65. The molecule has 0 atom stereocenters. The summed E-state index contributed by atoms with van der Waals surface area (Å²) in [5, 5.41) is 5.44. The van der Waals surface area contributed by atoms with E-state index in [0.29, 0.717) is 19.8 Å². The molecule has 0 amide bonds. The number of halogens is 1. The summed E-state index contributed by atoms with van der Waals surface area (Å²) in [7, 11) is 2.05. The van der Waals surface area contributed by atoms with Crippen molar-refractivity contribution in [3.8, 4) is 0 Å². The maximum atomic E-state index is 5.50. The first-order valence-corrected chi connectivity index (χ1v) is 8.04. The maximum absolute atomic E-state index is 5.50. The predicted octanol–water partition coefficient (Wildman–Crippen LogP) is 2.96. The van der Waals surface area contributed by atoms with Crippen LogP contribution in [0.1, 0.15) is 17.4 Å². The van der Waals surface area contributed by atoms with Crippen molar-refractivity contribution in [1.82, 2.24) is 10.2 Å². The minimum absolute atomic E-state index is 0. The Labute approximate surface area is 153 Å². The van der Waals surface area contributed by atoms with Crippen molar-refractivity contribution in [2.24, 2.45) is 4.99 Å². The Bertz CT molecular complexity index is 517. The van der Waals surface area contributed by atoms with Gasteiger partial charge in [-0.3, -0.25) is 0 Å². The molecule has 1 N–H and O–H groups in total. The van der Waals surface area contributed by atoms with Gasteiger partial charge in [-0.25, -0.2) is 4.99 Å².